The van der Waals surface area contributed by atoms with E-state index < -0.39 is 0 Å². The molecule has 0 aliphatic rings. The number of carbonyl (C=O) groups excluding carboxylic acids is 3. The number of hydrogen-bond donors (Lipinski definition) is 1. The van der Waals surface area contributed by atoms with Crippen LogP contribution in [-0.4, -0.2) is 65.7 Å². The summed E-state index contributed by atoms with van der Waals surface area (Å²) in [5.41, 5.74) is 4.17. The second-order valence-electron chi connectivity index (χ2n) is 8.48. The van der Waals surface area contributed by atoms with Gasteiger partial charge in [0.25, 0.3) is 0 Å². The van der Waals surface area contributed by atoms with E-state index in [-0.39, 0.29) is 12.3 Å². The van der Waals surface area contributed by atoms with Crippen LogP contribution in [0.1, 0.15) is 93.4 Å². The van der Waals surface area contributed by atoms with Crippen molar-refractivity contribution >= 4 is 30.5 Å². The lowest BCUT2D eigenvalue weighted by Gasteiger charge is -2.28. The Morgan fingerprint density at radius 3 is 1.94 bits per heavy atom. The minimum Gasteiger partial charge on any atom is -0.372 e. The minimum atomic E-state index is 0.222. The second kappa shape index (κ2) is 23.4. The molecule has 31 heavy (non-hydrogen) atoms. The molecule has 0 bridgehead atoms. The van der Waals surface area contributed by atoms with Crippen LogP contribution < -0.4 is 5.73 Å². The summed E-state index contributed by atoms with van der Waals surface area (Å²) in [6.07, 6.45) is 8.56. The fourth-order valence-corrected chi connectivity index (χ4v) is 4.04. The predicted molar refractivity (Wildman–Crippen MR) is 136 cm³/mol. The average molecular weight is 462 g/mol. The van der Waals surface area contributed by atoms with Gasteiger partial charge >= 0.3 is 0 Å². The predicted octanol–water partition coefficient (Wildman–Crippen LogP) is 4.95. The molecular formula is C24H51N3O3S. The number of nitrogens with two attached hydrogens (primary N) is 1. The highest BCUT2D eigenvalue weighted by Crippen LogP contribution is 2.22. The highest BCUT2D eigenvalue weighted by atomic mass is 32.2. The van der Waals surface area contributed by atoms with Crippen LogP contribution in [0.3, 0.4) is 0 Å². The van der Waals surface area contributed by atoms with Gasteiger partial charge in [-0.2, -0.15) is 11.8 Å². The number of hydrogen-bond acceptors (Lipinski definition) is 4. The molecule has 0 aliphatic heterocycles. The molecule has 0 saturated heterocycles. The van der Waals surface area contributed by atoms with Crippen LogP contribution in [0.15, 0.2) is 0 Å². The summed E-state index contributed by atoms with van der Waals surface area (Å²) in [5.74, 6) is 0.708. The summed E-state index contributed by atoms with van der Waals surface area (Å²) in [7, 11) is 3.66. The van der Waals surface area contributed by atoms with Crippen LogP contribution in [0.5, 0.6) is 0 Å². The molecule has 3 amide bonds. The Hall–Kier alpha value is -1.24. The third-order valence-electron chi connectivity index (χ3n) is 5.29. The van der Waals surface area contributed by atoms with Gasteiger partial charge in [-0.3, -0.25) is 14.4 Å². The molecule has 0 heterocycles. The molecule has 6 nitrogen and oxygen atoms in total. The standard InChI is InChI=1S/C14H28N2O2.C9H20S.CH3NO/c1-12(2)13(3)16(5)14(18)9-7-6-8-10-15(4)11-17;1-5-7-9(4)10-8(3)6-2;2-1-3/h11-13H,6-10H2,1-5H3;8-9H,5-7H2,1-4H3;1H,(H2,2,3). The molecule has 0 radical (unpaired) electrons. The summed E-state index contributed by atoms with van der Waals surface area (Å²) in [5, 5.41) is 1.71. The topological polar surface area (TPSA) is 83.7 Å². The van der Waals surface area contributed by atoms with E-state index in [0.717, 1.165) is 42.7 Å². The second-order valence-corrected chi connectivity index (χ2v) is 10.4. The molecule has 7 heteroatoms. The molecule has 0 aromatic carbocycles. The molecule has 0 rings (SSSR count). The summed E-state index contributed by atoms with van der Waals surface area (Å²) < 4.78 is 0. The smallest absolute Gasteiger partial charge is 0.222 e. The Labute approximate surface area is 197 Å². The number of rotatable bonds is 14. The first-order valence-electron chi connectivity index (χ1n) is 11.7. The first kappa shape index (κ1) is 34.4. The zero-order valence-corrected chi connectivity index (χ0v) is 22.5. The van der Waals surface area contributed by atoms with E-state index in [1.165, 1.54) is 19.3 Å². The van der Waals surface area contributed by atoms with E-state index >= 15 is 0 Å². The molecule has 0 saturated carbocycles. The first-order valence-corrected chi connectivity index (χ1v) is 12.7. The molecule has 0 aromatic rings. The van der Waals surface area contributed by atoms with Crippen molar-refractivity contribution in [3.05, 3.63) is 0 Å². The molecule has 0 aliphatic carbocycles. The number of thioether (sulfide) groups is 1. The van der Waals surface area contributed by atoms with Crippen molar-refractivity contribution in [3.63, 3.8) is 0 Å². The van der Waals surface area contributed by atoms with Crippen molar-refractivity contribution in [3.8, 4) is 0 Å². The number of amides is 3. The SMILES string of the molecule is CC(C)C(C)N(C)C(=O)CCCCCN(C)C=O.CCCC(C)SC(C)CC.NC=O. The molecule has 0 aromatic heterocycles. The maximum absolute atomic E-state index is 11.9. The van der Waals surface area contributed by atoms with Gasteiger partial charge in [0.1, 0.15) is 0 Å². The molecule has 2 N–H and O–H groups in total. The monoisotopic (exact) mass is 461 g/mol. The van der Waals surface area contributed by atoms with Crippen LogP contribution in [0.25, 0.3) is 0 Å². The van der Waals surface area contributed by atoms with Gasteiger partial charge in [0.15, 0.2) is 0 Å². The Kier molecular flexibility index (Phi) is 26.0. The van der Waals surface area contributed by atoms with Crippen molar-refractivity contribution in [1.29, 1.82) is 0 Å². The number of carbonyl (C=O) groups is 3. The first-order chi connectivity index (χ1) is 14.5. The van der Waals surface area contributed by atoms with Crippen molar-refractivity contribution in [1.82, 2.24) is 9.80 Å². The highest BCUT2D eigenvalue weighted by molar-refractivity contribution is 8.00. The fraction of sp³-hybridized carbons (Fsp3) is 0.875. The van der Waals surface area contributed by atoms with Crippen LogP contribution in [0, 0.1) is 5.92 Å². The van der Waals surface area contributed by atoms with Gasteiger partial charge in [-0.15, -0.1) is 0 Å². The van der Waals surface area contributed by atoms with Crippen molar-refractivity contribution in [2.24, 2.45) is 11.7 Å². The average Bonchev–Trinajstić information content (AvgIpc) is 2.72. The van der Waals surface area contributed by atoms with E-state index in [1.54, 1.807) is 11.9 Å². The van der Waals surface area contributed by atoms with Gasteiger partial charge < -0.3 is 15.5 Å². The fourth-order valence-electron chi connectivity index (χ4n) is 2.68. The Morgan fingerprint density at radius 1 is 0.968 bits per heavy atom. The van der Waals surface area contributed by atoms with Gasteiger partial charge in [-0.05, 0) is 38.5 Å². The Morgan fingerprint density at radius 2 is 1.52 bits per heavy atom. The van der Waals surface area contributed by atoms with Gasteiger partial charge in [0.2, 0.25) is 18.7 Å². The van der Waals surface area contributed by atoms with Crippen molar-refractivity contribution in [2.45, 2.75) is 110 Å². The van der Waals surface area contributed by atoms with Gasteiger partial charge in [0.05, 0.1) is 0 Å². The normalized spacial score (nSPS) is 13.0. The Balaban J connectivity index is -0.000000506. The lowest BCUT2D eigenvalue weighted by molar-refractivity contribution is -0.132. The lowest BCUT2D eigenvalue weighted by Crippen LogP contribution is -2.38. The summed E-state index contributed by atoms with van der Waals surface area (Å²) in [6.45, 7) is 16.3. The number of unbranched alkanes of at least 4 members (excludes halogenated alkanes) is 2. The summed E-state index contributed by atoms with van der Waals surface area (Å²) >= 11 is 2.12. The summed E-state index contributed by atoms with van der Waals surface area (Å²) in [4.78, 5) is 34.3. The minimum absolute atomic E-state index is 0.222. The zero-order chi connectivity index (χ0) is 24.8. The van der Waals surface area contributed by atoms with E-state index in [4.69, 9.17) is 4.79 Å². The number of nitrogens with zero attached hydrogens (tertiary/aromatic N) is 2. The quantitative estimate of drug-likeness (QED) is 0.293. The Bertz CT molecular complexity index is 436. The van der Waals surface area contributed by atoms with Crippen LogP contribution >= 0.6 is 11.8 Å². The highest BCUT2D eigenvalue weighted by Gasteiger charge is 2.17. The van der Waals surface area contributed by atoms with Crippen molar-refractivity contribution < 1.29 is 14.4 Å². The zero-order valence-electron chi connectivity index (χ0n) is 21.7. The molecule has 3 atom stereocenters. The van der Waals surface area contributed by atoms with E-state index in [2.05, 4.69) is 66.0 Å². The van der Waals surface area contributed by atoms with Gasteiger partial charge in [0, 0.05) is 43.6 Å². The van der Waals surface area contributed by atoms with Gasteiger partial charge in [-0.1, -0.05) is 54.4 Å². The van der Waals surface area contributed by atoms with Crippen LogP contribution in [0.2, 0.25) is 0 Å². The molecule has 0 spiro atoms. The molecule has 186 valence electrons. The third-order valence-corrected chi connectivity index (χ3v) is 6.78. The van der Waals surface area contributed by atoms with E-state index in [0.29, 0.717) is 18.4 Å². The molecule has 3 unspecified atom stereocenters. The van der Waals surface area contributed by atoms with Crippen LogP contribution in [0.4, 0.5) is 0 Å². The largest absolute Gasteiger partial charge is 0.372 e. The molecule has 0 fully saturated rings. The number of primary amides is 1. The van der Waals surface area contributed by atoms with E-state index in [1.807, 2.05) is 11.9 Å². The van der Waals surface area contributed by atoms with E-state index in [9.17, 15) is 9.59 Å². The third kappa shape index (κ3) is 23.3. The van der Waals surface area contributed by atoms with Gasteiger partial charge in [-0.25, -0.2) is 0 Å². The maximum Gasteiger partial charge on any atom is 0.222 e. The maximum atomic E-state index is 11.9. The summed E-state index contributed by atoms with van der Waals surface area (Å²) in [6, 6.07) is 0.290. The van der Waals surface area contributed by atoms with Crippen molar-refractivity contribution in [2.75, 3.05) is 20.6 Å². The lowest BCUT2D eigenvalue weighted by atomic mass is 10.0. The molecular weight excluding hydrogens is 410 g/mol. The van der Waals surface area contributed by atoms with Crippen LogP contribution in [-0.2, 0) is 14.4 Å².